The molecule has 2 aromatic carbocycles. The van der Waals surface area contributed by atoms with Crippen LogP contribution in [0.15, 0.2) is 54.6 Å². The molecule has 4 heteroatoms. The highest BCUT2D eigenvalue weighted by atomic mass is 19.1. The quantitative estimate of drug-likeness (QED) is 0.293. The van der Waals surface area contributed by atoms with Gasteiger partial charge in [0.1, 0.15) is 0 Å². The van der Waals surface area contributed by atoms with E-state index in [1.165, 1.54) is 63.1 Å². The average molecular weight is 425 g/mol. The number of rotatable bonds is 8. The number of esters is 1. The van der Waals surface area contributed by atoms with Gasteiger partial charge in [-0.05, 0) is 93.0 Å². The zero-order valence-electron chi connectivity index (χ0n) is 18.5. The molecule has 0 heterocycles. The normalized spacial score (nSPS) is 20.0. The van der Waals surface area contributed by atoms with Crippen LogP contribution in [0.25, 0.3) is 11.1 Å². The Morgan fingerprint density at radius 2 is 1.81 bits per heavy atom. The molecule has 0 aliphatic heterocycles. The van der Waals surface area contributed by atoms with Gasteiger partial charge in [0, 0.05) is 0 Å². The monoisotopic (exact) mass is 424 g/mol. The summed E-state index contributed by atoms with van der Waals surface area (Å²) in [5, 5.41) is 9.02. The molecule has 0 saturated heterocycles. The highest BCUT2D eigenvalue weighted by Gasteiger charge is 2.22. The Balaban J connectivity index is 1.60. The first-order valence-electron chi connectivity index (χ1n) is 11.4. The maximum absolute atomic E-state index is 14.4. The Labute approximate surface area is 185 Å². The van der Waals surface area contributed by atoms with E-state index in [9.17, 15) is 9.18 Å². The van der Waals surface area contributed by atoms with E-state index >= 15 is 0 Å². The van der Waals surface area contributed by atoms with Crippen LogP contribution >= 0.6 is 0 Å². The maximum Gasteiger partial charge on any atom is 0.316 e. The number of carbonyl (C=O) groups excluding carboxylic acids is 1. The first-order chi connectivity index (χ1) is 15.0. The van der Waals surface area contributed by atoms with Gasteiger partial charge in [0.2, 0.25) is 0 Å². The SMILES string of the molecule is C/C=C/CCC1CCC(c2ccc(-c3ccc(OC(=O)C(C)CO)c(F)c3)cc2)CC1. The molecule has 3 nitrogen and oxygen atoms in total. The van der Waals surface area contributed by atoms with Gasteiger partial charge in [-0.15, -0.1) is 0 Å². The summed E-state index contributed by atoms with van der Waals surface area (Å²) in [4.78, 5) is 11.8. The number of benzene rings is 2. The molecule has 0 amide bonds. The van der Waals surface area contributed by atoms with Crippen LogP contribution in [0.4, 0.5) is 4.39 Å². The van der Waals surface area contributed by atoms with Crippen molar-refractivity contribution in [1.82, 2.24) is 0 Å². The van der Waals surface area contributed by atoms with E-state index < -0.39 is 17.7 Å². The average Bonchev–Trinajstić information content (AvgIpc) is 2.80. The first kappa shape index (κ1) is 23.2. The largest absolute Gasteiger partial charge is 0.423 e. The first-order valence-corrected chi connectivity index (χ1v) is 11.4. The molecule has 1 unspecified atom stereocenters. The molecule has 0 bridgehead atoms. The molecule has 166 valence electrons. The van der Waals surface area contributed by atoms with E-state index in [4.69, 9.17) is 9.84 Å². The molecule has 1 atom stereocenters. The summed E-state index contributed by atoms with van der Waals surface area (Å²) in [5.41, 5.74) is 3.04. The van der Waals surface area contributed by atoms with Gasteiger partial charge in [-0.25, -0.2) is 4.39 Å². The lowest BCUT2D eigenvalue weighted by Crippen LogP contribution is -2.21. The molecule has 1 saturated carbocycles. The van der Waals surface area contributed by atoms with Gasteiger partial charge in [-0.1, -0.05) is 42.5 Å². The zero-order valence-corrected chi connectivity index (χ0v) is 18.5. The molecular formula is C27H33FO3. The van der Waals surface area contributed by atoms with Gasteiger partial charge in [0.15, 0.2) is 11.6 Å². The maximum atomic E-state index is 14.4. The van der Waals surface area contributed by atoms with Crippen LogP contribution in [0, 0.1) is 17.7 Å². The van der Waals surface area contributed by atoms with Crippen molar-refractivity contribution in [3.63, 3.8) is 0 Å². The third-order valence-corrected chi connectivity index (χ3v) is 6.36. The van der Waals surface area contributed by atoms with Crippen LogP contribution in [-0.4, -0.2) is 17.7 Å². The van der Waals surface area contributed by atoms with Gasteiger partial charge in [0.25, 0.3) is 0 Å². The molecule has 3 rings (SSSR count). The number of aliphatic hydroxyl groups is 1. The Bertz CT molecular complexity index is 880. The molecule has 1 fully saturated rings. The number of hydrogen-bond acceptors (Lipinski definition) is 3. The number of halogens is 1. The van der Waals surface area contributed by atoms with E-state index in [1.54, 1.807) is 6.07 Å². The summed E-state index contributed by atoms with van der Waals surface area (Å²) >= 11 is 0. The van der Waals surface area contributed by atoms with Crippen LogP contribution < -0.4 is 4.74 Å². The van der Waals surface area contributed by atoms with Crippen molar-refractivity contribution in [3.05, 3.63) is 66.0 Å². The van der Waals surface area contributed by atoms with Crippen molar-refractivity contribution >= 4 is 5.97 Å². The second kappa shape index (κ2) is 11.2. The molecule has 1 aliphatic rings. The van der Waals surface area contributed by atoms with Crippen molar-refractivity contribution < 1.29 is 19.0 Å². The fraction of sp³-hybridized carbons (Fsp3) is 0.444. The predicted molar refractivity (Wildman–Crippen MR) is 122 cm³/mol. The van der Waals surface area contributed by atoms with Crippen molar-refractivity contribution in [2.24, 2.45) is 11.8 Å². The van der Waals surface area contributed by atoms with E-state index in [-0.39, 0.29) is 12.4 Å². The van der Waals surface area contributed by atoms with Gasteiger partial charge < -0.3 is 9.84 Å². The van der Waals surface area contributed by atoms with Crippen molar-refractivity contribution in [2.45, 2.75) is 58.3 Å². The highest BCUT2D eigenvalue weighted by Crippen LogP contribution is 2.38. The second-order valence-electron chi connectivity index (χ2n) is 8.64. The highest BCUT2D eigenvalue weighted by molar-refractivity contribution is 5.75. The smallest absolute Gasteiger partial charge is 0.316 e. The van der Waals surface area contributed by atoms with Crippen LogP contribution in [0.3, 0.4) is 0 Å². The molecule has 1 N–H and O–H groups in total. The number of allylic oxidation sites excluding steroid dienone is 2. The topological polar surface area (TPSA) is 46.5 Å². The lowest BCUT2D eigenvalue weighted by Gasteiger charge is -2.28. The lowest BCUT2D eigenvalue weighted by molar-refractivity contribution is -0.139. The van der Waals surface area contributed by atoms with Crippen molar-refractivity contribution in [1.29, 1.82) is 0 Å². The minimum Gasteiger partial charge on any atom is -0.423 e. The standard InChI is InChI=1S/C27H33FO3/c1-3-4-5-6-20-7-9-21(10-8-20)22-11-13-23(14-12-22)24-15-16-26(25(28)17-24)31-27(30)19(2)18-29/h3-4,11-17,19-21,29H,5-10,18H2,1-2H3/b4-3+. The summed E-state index contributed by atoms with van der Waals surface area (Å²) < 4.78 is 19.5. The summed E-state index contributed by atoms with van der Waals surface area (Å²) in [6.07, 6.45) is 12.0. The summed E-state index contributed by atoms with van der Waals surface area (Å²) in [6.45, 7) is 3.28. The Morgan fingerprint density at radius 3 is 2.42 bits per heavy atom. The van der Waals surface area contributed by atoms with Crippen LogP contribution in [0.5, 0.6) is 5.75 Å². The molecule has 1 aliphatic carbocycles. The van der Waals surface area contributed by atoms with E-state index in [2.05, 4.69) is 31.2 Å². The Hall–Kier alpha value is -2.46. The number of hydrogen-bond donors (Lipinski definition) is 1. The van der Waals surface area contributed by atoms with Gasteiger partial charge in [-0.2, -0.15) is 0 Å². The molecule has 0 aromatic heterocycles. The summed E-state index contributed by atoms with van der Waals surface area (Å²) in [7, 11) is 0. The Kier molecular flexibility index (Phi) is 8.42. The number of carbonyl (C=O) groups is 1. The third kappa shape index (κ3) is 6.27. The summed E-state index contributed by atoms with van der Waals surface area (Å²) in [5.74, 6) is -0.570. The molecule has 0 spiro atoms. The minimum absolute atomic E-state index is 0.114. The number of aliphatic hydroxyl groups excluding tert-OH is 1. The van der Waals surface area contributed by atoms with Crippen molar-refractivity contribution in [2.75, 3.05) is 6.61 Å². The molecule has 2 aromatic rings. The van der Waals surface area contributed by atoms with Gasteiger partial charge in [-0.3, -0.25) is 4.79 Å². The molecule has 31 heavy (non-hydrogen) atoms. The lowest BCUT2D eigenvalue weighted by atomic mass is 9.77. The fourth-order valence-corrected chi connectivity index (χ4v) is 4.28. The van der Waals surface area contributed by atoms with Gasteiger partial charge in [0.05, 0.1) is 12.5 Å². The second-order valence-corrected chi connectivity index (χ2v) is 8.64. The van der Waals surface area contributed by atoms with Crippen LogP contribution in [0.2, 0.25) is 0 Å². The van der Waals surface area contributed by atoms with E-state index in [0.29, 0.717) is 5.92 Å². The fourth-order valence-electron chi connectivity index (χ4n) is 4.28. The van der Waals surface area contributed by atoms with E-state index in [0.717, 1.165) is 17.0 Å². The van der Waals surface area contributed by atoms with E-state index in [1.807, 2.05) is 12.1 Å². The minimum atomic E-state index is -0.685. The van der Waals surface area contributed by atoms with Crippen molar-refractivity contribution in [3.8, 4) is 16.9 Å². The Morgan fingerprint density at radius 1 is 1.13 bits per heavy atom. The third-order valence-electron chi connectivity index (χ3n) is 6.36. The predicted octanol–water partition coefficient (Wildman–Crippen LogP) is 6.66. The summed E-state index contributed by atoms with van der Waals surface area (Å²) in [6, 6.07) is 13.0. The van der Waals surface area contributed by atoms with Gasteiger partial charge >= 0.3 is 5.97 Å². The number of ether oxygens (including phenoxy) is 1. The molecular weight excluding hydrogens is 391 g/mol. The van der Waals surface area contributed by atoms with Crippen LogP contribution in [-0.2, 0) is 4.79 Å². The zero-order chi connectivity index (χ0) is 22.2. The van der Waals surface area contributed by atoms with Crippen LogP contribution in [0.1, 0.15) is 63.9 Å². The molecule has 0 radical (unpaired) electrons.